The molecule has 0 radical (unpaired) electrons. The van der Waals surface area contributed by atoms with Crippen LogP contribution in [0.25, 0.3) is 0 Å². The number of benzene rings is 1. The molecular formula is C15H23NO2. The number of aromatic hydroxyl groups is 1. The first-order valence-electron chi connectivity index (χ1n) is 6.76. The molecule has 1 aromatic carbocycles. The van der Waals surface area contributed by atoms with Crippen LogP contribution in [0.3, 0.4) is 0 Å². The zero-order valence-corrected chi connectivity index (χ0v) is 11.5. The molecule has 0 bridgehead atoms. The molecule has 1 saturated heterocycles. The predicted molar refractivity (Wildman–Crippen MR) is 72.7 cm³/mol. The van der Waals surface area contributed by atoms with Gasteiger partial charge in [0.1, 0.15) is 5.75 Å². The predicted octanol–water partition coefficient (Wildman–Crippen LogP) is 2.95. The Morgan fingerprint density at radius 3 is 2.56 bits per heavy atom. The summed E-state index contributed by atoms with van der Waals surface area (Å²) >= 11 is 0. The Balaban J connectivity index is 2.14. The average molecular weight is 249 g/mol. The van der Waals surface area contributed by atoms with Crippen molar-refractivity contribution in [1.29, 1.82) is 0 Å². The number of likely N-dealkylation sites (N-methyl/N-ethyl adjacent to an activating group) is 1. The summed E-state index contributed by atoms with van der Waals surface area (Å²) in [4.78, 5) is 2.42. The van der Waals surface area contributed by atoms with Gasteiger partial charge in [0.2, 0.25) is 0 Å². The van der Waals surface area contributed by atoms with E-state index in [0.29, 0.717) is 23.9 Å². The highest BCUT2D eigenvalue weighted by atomic mass is 16.5. The summed E-state index contributed by atoms with van der Waals surface area (Å²) in [5.41, 5.74) is 1.26. The first kappa shape index (κ1) is 13.4. The zero-order valence-electron chi connectivity index (χ0n) is 11.5. The van der Waals surface area contributed by atoms with Gasteiger partial charge in [-0.2, -0.15) is 0 Å². The number of phenolic OH excluding ortho intramolecular Hbond substituents is 1. The minimum absolute atomic E-state index is 0.307. The molecule has 0 aromatic heterocycles. The van der Waals surface area contributed by atoms with E-state index in [0.717, 1.165) is 19.4 Å². The standard InChI is InChI=1S/C15H23NO2/c1-4-14(12-5-7-13(17)8-6-12)16(3)15-9-10-18-11(15)2/h5-8,11,14-15,17H,4,9-10H2,1-3H3. The second-order valence-electron chi connectivity index (χ2n) is 5.11. The average Bonchev–Trinajstić information content (AvgIpc) is 2.78. The Hall–Kier alpha value is -1.06. The molecule has 18 heavy (non-hydrogen) atoms. The van der Waals surface area contributed by atoms with Crippen molar-refractivity contribution in [2.24, 2.45) is 0 Å². The van der Waals surface area contributed by atoms with E-state index in [9.17, 15) is 5.11 Å². The van der Waals surface area contributed by atoms with Gasteiger partial charge in [-0.05, 0) is 44.5 Å². The Kier molecular flexibility index (Phi) is 4.25. The van der Waals surface area contributed by atoms with Gasteiger partial charge >= 0.3 is 0 Å². The lowest BCUT2D eigenvalue weighted by Crippen LogP contribution is -2.39. The van der Waals surface area contributed by atoms with Crippen LogP contribution in [0.5, 0.6) is 5.75 Å². The molecule has 100 valence electrons. The van der Waals surface area contributed by atoms with Gasteiger partial charge < -0.3 is 9.84 Å². The van der Waals surface area contributed by atoms with E-state index in [1.54, 1.807) is 12.1 Å². The summed E-state index contributed by atoms with van der Waals surface area (Å²) in [5.74, 6) is 0.328. The van der Waals surface area contributed by atoms with Crippen LogP contribution in [0, 0.1) is 0 Å². The van der Waals surface area contributed by atoms with Crippen molar-refractivity contribution in [2.75, 3.05) is 13.7 Å². The molecule has 3 heteroatoms. The number of rotatable bonds is 4. The van der Waals surface area contributed by atoms with Gasteiger partial charge in [0.15, 0.2) is 0 Å². The molecule has 0 spiro atoms. The number of ether oxygens (including phenoxy) is 1. The fourth-order valence-electron chi connectivity index (χ4n) is 2.94. The molecule has 1 aliphatic rings. The molecule has 1 aromatic rings. The molecule has 3 atom stereocenters. The van der Waals surface area contributed by atoms with Gasteiger partial charge in [-0.3, -0.25) is 4.90 Å². The molecule has 0 amide bonds. The lowest BCUT2D eigenvalue weighted by Gasteiger charge is -2.34. The number of nitrogens with zero attached hydrogens (tertiary/aromatic N) is 1. The molecule has 1 fully saturated rings. The van der Waals surface area contributed by atoms with E-state index in [-0.39, 0.29) is 0 Å². The van der Waals surface area contributed by atoms with Gasteiger partial charge in [0.25, 0.3) is 0 Å². The normalized spacial score (nSPS) is 25.6. The lowest BCUT2D eigenvalue weighted by molar-refractivity contribution is 0.0662. The second-order valence-corrected chi connectivity index (χ2v) is 5.11. The monoisotopic (exact) mass is 249 g/mol. The van der Waals surface area contributed by atoms with Crippen LogP contribution in [0.4, 0.5) is 0 Å². The summed E-state index contributed by atoms with van der Waals surface area (Å²) in [5, 5.41) is 9.37. The van der Waals surface area contributed by atoms with Gasteiger partial charge in [-0.1, -0.05) is 19.1 Å². The van der Waals surface area contributed by atoms with Gasteiger partial charge in [-0.25, -0.2) is 0 Å². The van der Waals surface area contributed by atoms with Crippen LogP contribution in [0.15, 0.2) is 24.3 Å². The molecule has 1 heterocycles. The fraction of sp³-hybridized carbons (Fsp3) is 0.600. The van der Waals surface area contributed by atoms with Crippen molar-refractivity contribution in [1.82, 2.24) is 4.90 Å². The molecule has 1 aliphatic heterocycles. The quantitative estimate of drug-likeness (QED) is 0.890. The highest BCUT2D eigenvalue weighted by Gasteiger charge is 2.31. The van der Waals surface area contributed by atoms with Crippen molar-refractivity contribution < 1.29 is 9.84 Å². The minimum Gasteiger partial charge on any atom is -0.508 e. The Bertz CT molecular complexity index is 377. The highest BCUT2D eigenvalue weighted by molar-refractivity contribution is 5.28. The van der Waals surface area contributed by atoms with E-state index >= 15 is 0 Å². The van der Waals surface area contributed by atoms with E-state index in [4.69, 9.17) is 4.74 Å². The molecule has 3 nitrogen and oxygen atoms in total. The largest absolute Gasteiger partial charge is 0.508 e. The van der Waals surface area contributed by atoms with Gasteiger partial charge in [-0.15, -0.1) is 0 Å². The zero-order chi connectivity index (χ0) is 13.1. The van der Waals surface area contributed by atoms with Crippen LogP contribution < -0.4 is 0 Å². The van der Waals surface area contributed by atoms with E-state index in [2.05, 4.69) is 25.8 Å². The third-order valence-electron chi connectivity index (χ3n) is 4.02. The first-order chi connectivity index (χ1) is 8.63. The van der Waals surface area contributed by atoms with Gasteiger partial charge in [0.05, 0.1) is 6.10 Å². The van der Waals surface area contributed by atoms with Crippen molar-refractivity contribution in [3.05, 3.63) is 29.8 Å². The summed E-state index contributed by atoms with van der Waals surface area (Å²) in [6, 6.07) is 8.44. The summed E-state index contributed by atoms with van der Waals surface area (Å²) in [6.07, 6.45) is 2.47. The summed E-state index contributed by atoms with van der Waals surface area (Å²) < 4.78 is 5.65. The molecule has 2 rings (SSSR count). The molecular weight excluding hydrogens is 226 g/mol. The second kappa shape index (κ2) is 5.72. The summed E-state index contributed by atoms with van der Waals surface area (Å²) in [7, 11) is 2.18. The van der Waals surface area contributed by atoms with Crippen molar-refractivity contribution in [3.63, 3.8) is 0 Å². The first-order valence-corrected chi connectivity index (χ1v) is 6.76. The van der Waals surface area contributed by atoms with E-state index in [1.807, 2.05) is 12.1 Å². The van der Waals surface area contributed by atoms with Crippen molar-refractivity contribution in [3.8, 4) is 5.75 Å². The fourth-order valence-corrected chi connectivity index (χ4v) is 2.94. The minimum atomic E-state index is 0.307. The van der Waals surface area contributed by atoms with Crippen molar-refractivity contribution in [2.45, 2.75) is 44.9 Å². The highest BCUT2D eigenvalue weighted by Crippen LogP contribution is 2.30. The molecule has 3 unspecified atom stereocenters. The maximum absolute atomic E-state index is 9.37. The van der Waals surface area contributed by atoms with Crippen LogP contribution in [-0.4, -0.2) is 35.8 Å². The van der Waals surface area contributed by atoms with Crippen LogP contribution in [0.2, 0.25) is 0 Å². The van der Waals surface area contributed by atoms with Crippen LogP contribution >= 0.6 is 0 Å². The molecule has 1 N–H and O–H groups in total. The number of hydrogen-bond donors (Lipinski definition) is 1. The van der Waals surface area contributed by atoms with Gasteiger partial charge in [0, 0.05) is 18.7 Å². The number of phenols is 1. The molecule has 0 aliphatic carbocycles. The third-order valence-corrected chi connectivity index (χ3v) is 4.02. The Morgan fingerprint density at radius 1 is 1.39 bits per heavy atom. The lowest BCUT2D eigenvalue weighted by atomic mass is 9.99. The van der Waals surface area contributed by atoms with Crippen LogP contribution in [0.1, 0.15) is 38.3 Å². The topological polar surface area (TPSA) is 32.7 Å². The van der Waals surface area contributed by atoms with Crippen molar-refractivity contribution >= 4 is 0 Å². The Labute approximate surface area is 109 Å². The van der Waals surface area contributed by atoms with E-state index < -0.39 is 0 Å². The smallest absolute Gasteiger partial charge is 0.115 e. The maximum atomic E-state index is 9.37. The third kappa shape index (κ3) is 2.68. The van der Waals surface area contributed by atoms with E-state index in [1.165, 1.54) is 5.56 Å². The number of hydrogen-bond acceptors (Lipinski definition) is 3. The molecule has 0 saturated carbocycles. The Morgan fingerprint density at radius 2 is 2.06 bits per heavy atom. The van der Waals surface area contributed by atoms with Crippen LogP contribution in [-0.2, 0) is 4.74 Å². The SMILES string of the molecule is CCC(c1ccc(O)cc1)N(C)C1CCOC1C. The summed E-state index contributed by atoms with van der Waals surface area (Å²) in [6.45, 7) is 5.22. The maximum Gasteiger partial charge on any atom is 0.115 e.